The number of methoxy groups -OCH3 is 1. The monoisotopic (exact) mass is 260 g/mol. The zero-order valence-corrected chi connectivity index (χ0v) is 9.95. The number of carbonyl (C=O) groups is 1. The molecule has 0 atom stereocenters. The van der Waals surface area contributed by atoms with Crippen LogP contribution in [-0.2, 0) is 4.74 Å². The van der Waals surface area contributed by atoms with Gasteiger partial charge in [-0.1, -0.05) is 22.9 Å². The highest BCUT2D eigenvalue weighted by Crippen LogP contribution is 2.32. The molecular formula is C8H5ClN2O2S2. The Hall–Kier alpha value is -0.980. The molecule has 4 nitrogen and oxygen atoms in total. The molecule has 0 aliphatic heterocycles. The summed E-state index contributed by atoms with van der Waals surface area (Å²) in [4.78, 5) is 19.9. The predicted molar refractivity (Wildman–Crippen MR) is 59.6 cm³/mol. The maximum Gasteiger partial charge on any atom is 0.350 e. The van der Waals surface area contributed by atoms with Crippen LogP contribution in [0.2, 0.25) is 4.47 Å². The molecule has 2 aromatic heterocycles. The summed E-state index contributed by atoms with van der Waals surface area (Å²) in [6.45, 7) is 0. The highest BCUT2D eigenvalue weighted by atomic mass is 35.5. The summed E-state index contributed by atoms with van der Waals surface area (Å²) < 4.78 is 4.94. The van der Waals surface area contributed by atoms with Crippen LogP contribution in [0, 0.1) is 0 Å². The average molecular weight is 261 g/mol. The minimum atomic E-state index is -0.440. The minimum absolute atomic E-state index is 0.306. The van der Waals surface area contributed by atoms with Crippen LogP contribution in [0.15, 0.2) is 11.6 Å². The molecule has 0 amide bonds. The maximum absolute atomic E-state index is 11.4. The Bertz CT molecular complexity index is 481. The fraction of sp³-hybridized carbons (Fsp3) is 0.125. The number of esters is 1. The molecule has 0 aliphatic rings. The van der Waals surface area contributed by atoms with E-state index in [0.29, 0.717) is 20.0 Å². The number of ether oxygens (including phenoxy) is 1. The molecule has 0 spiro atoms. The third-order valence-electron chi connectivity index (χ3n) is 1.61. The quantitative estimate of drug-likeness (QED) is 0.779. The Morgan fingerprint density at radius 3 is 3.00 bits per heavy atom. The van der Waals surface area contributed by atoms with Crippen molar-refractivity contribution in [1.29, 1.82) is 0 Å². The SMILES string of the molecule is COC(=O)c1sc(Cl)nc1-c1nccs1. The molecular weight excluding hydrogens is 256 g/mol. The largest absolute Gasteiger partial charge is 0.465 e. The van der Waals surface area contributed by atoms with E-state index in [0.717, 1.165) is 11.3 Å². The van der Waals surface area contributed by atoms with Gasteiger partial charge in [-0.3, -0.25) is 0 Å². The average Bonchev–Trinajstić information content (AvgIpc) is 2.84. The number of nitrogens with zero attached hydrogens (tertiary/aromatic N) is 2. The van der Waals surface area contributed by atoms with Gasteiger partial charge in [-0.15, -0.1) is 11.3 Å². The van der Waals surface area contributed by atoms with E-state index >= 15 is 0 Å². The van der Waals surface area contributed by atoms with Gasteiger partial charge in [0.1, 0.15) is 15.6 Å². The lowest BCUT2D eigenvalue weighted by atomic mass is 10.4. The normalized spacial score (nSPS) is 10.3. The summed E-state index contributed by atoms with van der Waals surface area (Å²) in [6, 6.07) is 0. The number of thiazole rings is 2. The standard InChI is InChI=1S/C8H5ClN2O2S2/c1-13-7(12)5-4(11-8(9)15-5)6-10-2-3-14-6/h2-3H,1H3. The molecule has 0 aromatic carbocycles. The summed E-state index contributed by atoms with van der Waals surface area (Å²) >= 11 is 8.25. The summed E-state index contributed by atoms with van der Waals surface area (Å²) in [5, 5.41) is 2.47. The summed E-state index contributed by atoms with van der Waals surface area (Å²) in [5.74, 6) is -0.440. The van der Waals surface area contributed by atoms with Crippen molar-refractivity contribution in [2.24, 2.45) is 0 Å². The lowest BCUT2D eigenvalue weighted by Crippen LogP contribution is -2.00. The van der Waals surface area contributed by atoms with Gasteiger partial charge >= 0.3 is 5.97 Å². The van der Waals surface area contributed by atoms with Gasteiger partial charge in [0.15, 0.2) is 4.47 Å². The van der Waals surface area contributed by atoms with Gasteiger partial charge in [0.25, 0.3) is 0 Å². The van der Waals surface area contributed by atoms with Gasteiger partial charge in [0.2, 0.25) is 0 Å². The van der Waals surface area contributed by atoms with Crippen LogP contribution < -0.4 is 0 Å². The topological polar surface area (TPSA) is 52.1 Å². The Morgan fingerprint density at radius 2 is 2.40 bits per heavy atom. The molecule has 0 radical (unpaired) electrons. The van der Waals surface area contributed by atoms with Gasteiger partial charge in [-0.2, -0.15) is 0 Å². The van der Waals surface area contributed by atoms with Crippen molar-refractivity contribution in [3.8, 4) is 10.7 Å². The van der Waals surface area contributed by atoms with E-state index in [1.54, 1.807) is 6.20 Å². The molecule has 0 fully saturated rings. The molecule has 2 rings (SSSR count). The number of carbonyl (C=O) groups excluding carboxylic acids is 1. The van der Waals surface area contributed by atoms with Gasteiger partial charge in [0.05, 0.1) is 7.11 Å². The van der Waals surface area contributed by atoms with Crippen LogP contribution in [0.1, 0.15) is 9.67 Å². The molecule has 2 aromatic rings. The van der Waals surface area contributed by atoms with Crippen molar-refractivity contribution in [1.82, 2.24) is 9.97 Å². The Morgan fingerprint density at radius 1 is 1.60 bits per heavy atom. The molecule has 0 bridgehead atoms. The smallest absolute Gasteiger partial charge is 0.350 e. The molecule has 78 valence electrons. The third-order valence-corrected chi connectivity index (χ3v) is 3.53. The molecule has 0 unspecified atom stereocenters. The second-order valence-corrected chi connectivity index (χ2v) is 4.95. The van der Waals surface area contributed by atoms with Crippen molar-refractivity contribution in [2.75, 3.05) is 7.11 Å². The molecule has 0 aliphatic carbocycles. The molecule has 15 heavy (non-hydrogen) atoms. The first-order valence-corrected chi connectivity index (χ1v) is 5.94. The van der Waals surface area contributed by atoms with E-state index in [1.165, 1.54) is 18.4 Å². The van der Waals surface area contributed by atoms with E-state index in [4.69, 9.17) is 11.6 Å². The van der Waals surface area contributed by atoms with Crippen molar-refractivity contribution < 1.29 is 9.53 Å². The summed E-state index contributed by atoms with van der Waals surface area (Å²) in [6.07, 6.45) is 1.65. The highest BCUT2D eigenvalue weighted by molar-refractivity contribution is 7.18. The Kier molecular flexibility index (Phi) is 2.99. The van der Waals surface area contributed by atoms with Crippen LogP contribution in [0.4, 0.5) is 0 Å². The number of hydrogen-bond donors (Lipinski definition) is 0. The lowest BCUT2D eigenvalue weighted by Gasteiger charge is -1.95. The summed E-state index contributed by atoms with van der Waals surface area (Å²) in [7, 11) is 1.32. The van der Waals surface area contributed by atoms with Crippen LogP contribution in [0.3, 0.4) is 0 Å². The van der Waals surface area contributed by atoms with Gasteiger partial charge in [-0.25, -0.2) is 14.8 Å². The second kappa shape index (κ2) is 4.26. The highest BCUT2D eigenvalue weighted by Gasteiger charge is 2.20. The van der Waals surface area contributed by atoms with Crippen molar-refractivity contribution in [2.45, 2.75) is 0 Å². The molecule has 7 heteroatoms. The van der Waals surface area contributed by atoms with Gasteiger partial charge in [0, 0.05) is 11.6 Å². The van der Waals surface area contributed by atoms with Crippen molar-refractivity contribution in [3.05, 3.63) is 20.9 Å². The molecule has 2 heterocycles. The Balaban J connectivity index is 2.52. The van der Waals surface area contributed by atoms with Crippen LogP contribution >= 0.6 is 34.3 Å². The third kappa shape index (κ3) is 2.01. The van der Waals surface area contributed by atoms with Crippen LogP contribution in [0.25, 0.3) is 10.7 Å². The number of rotatable bonds is 2. The predicted octanol–water partition coefficient (Wildman–Crippen LogP) is 2.71. The van der Waals surface area contributed by atoms with E-state index in [9.17, 15) is 4.79 Å². The van der Waals surface area contributed by atoms with E-state index in [1.807, 2.05) is 5.38 Å². The van der Waals surface area contributed by atoms with Crippen molar-refractivity contribution >= 4 is 40.2 Å². The number of aromatic nitrogens is 2. The maximum atomic E-state index is 11.4. The van der Waals surface area contributed by atoms with E-state index in [2.05, 4.69) is 14.7 Å². The van der Waals surface area contributed by atoms with E-state index < -0.39 is 5.97 Å². The van der Waals surface area contributed by atoms with Gasteiger partial charge < -0.3 is 4.74 Å². The Labute approximate surface area is 98.5 Å². The first-order chi connectivity index (χ1) is 7.22. The first kappa shape index (κ1) is 10.5. The second-order valence-electron chi connectivity index (χ2n) is 2.47. The van der Waals surface area contributed by atoms with Crippen LogP contribution in [0.5, 0.6) is 0 Å². The lowest BCUT2D eigenvalue weighted by molar-refractivity contribution is 0.0607. The fourth-order valence-corrected chi connectivity index (χ4v) is 2.73. The fourth-order valence-electron chi connectivity index (χ4n) is 1.01. The minimum Gasteiger partial charge on any atom is -0.465 e. The molecule has 0 N–H and O–H groups in total. The zero-order chi connectivity index (χ0) is 10.8. The van der Waals surface area contributed by atoms with Crippen LogP contribution in [-0.4, -0.2) is 23.0 Å². The zero-order valence-electron chi connectivity index (χ0n) is 7.56. The van der Waals surface area contributed by atoms with E-state index in [-0.39, 0.29) is 0 Å². The van der Waals surface area contributed by atoms with Crippen molar-refractivity contribution in [3.63, 3.8) is 0 Å². The van der Waals surface area contributed by atoms with Gasteiger partial charge in [-0.05, 0) is 0 Å². The molecule has 0 saturated carbocycles. The number of halogens is 1. The molecule has 0 saturated heterocycles. The number of hydrogen-bond acceptors (Lipinski definition) is 6. The first-order valence-electron chi connectivity index (χ1n) is 3.87. The summed E-state index contributed by atoms with van der Waals surface area (Å²) in [5.41, 5.74) is 0.492.